The predicted octanol–water partition coefficient (Wildman–Crippen LogP) is 1.92. The molecule has 3 N–H and O–H groups in total. The number of hydrazine groups is 1. The van der Waals surface area contributed by atoms with E-state index in [0.29, 0.717) is 25.3 Å². The average molecular weight is 451 g/mol. The molecule has 2 unspecified atom stereocenters. The lowest BCUT2D eigenvalue weighted by Crippen LogP contribution is -2.45. The quantitative estimate of drug-likeness (QED) is 0.540. The number of sulfonamides is 1. The van der Waals surface area contributed by atoms with Crippen molar-refractivity contribution in [3.05, 3.63) is 59.9 Å². The van der Waals surface area contributed by atoms with Gasteiger partial charge in [0.25, 0.3) is 5.91 Å². The lowest BCUT2D eigenvalue weighted by molar-refractivity contribution is -0.123. The average Bonchev–Trinajstić information content (AvgIpc) is 3.22. The van der Waals surface area contributed by atoms with Crippen molar-refractivity contribution in [1.82, 2.24) is 20.5 Å². The van der Waals surface area contributed by atoms with Gasteiger partial charge < -0.3 is 10.1 Å². The number of hydrogen-bond donors (Lipinski definition) is 3. The highest BCUT2D eigenvalue weighted by atomic mass is 32.2. The number of hydrogen-bond acceptors (Lipinski definition) is 6. The summed E-state index contributed by atoms with van der Waals surface area (Å²) in [7, 11) is -3.54. The van der Waals surface area contributed by atoms with Gasteiger partial charge in [-0.3, -0.25) is 4.79 Å². The monoisotopic (exact) mass is 450 g/mol. The fourth-order valence-corrected chi connectivity index (χ4v) is 4.86. The number of carbonyl (C=O) groups excluding carboxylic acids is 1. The van der Waals surface area contributed by atoms with Gasteiger partial charge in [-0.25, -0.2) is 23.7 Å². The zero-order valence-electron chi connectivity index (χ0n) is 17.5. The van der Waals surface area contributed by atoms with Crippen molar-refractivity contribution in [2.45, 2.75) is 37.4 Å². The molecule has 1 heterocycles. The van der Waals surface area contributed by atoms with Crippen molar-refractivity contribution in [3.63, 3.8) is 0 Å². The van der Waals surface area contributed by atoms with E-state index < -0.39 is 10.0 Å². The molecular formula is C21H27FN4O4S. The molecule has 2 aromatic carbocycles. The van der Waals surface area contributed by atoms with Crippen LogP contribution >= 0.6 is 0 Å². The smallest absolute Gasteiger partial charge is 0.259 e. The Morgan fingerprint density at radius 1 is 1.16 bits per heavy atom. The molecule has 1 saturated heterocycles. The van der Waals surface area contributed by atoms with E-state index in [-0.39, 0.29) is 35.4 Å². The summed E-state index contributed by atoms with van der Waals surface area (Å²) in [5.74, 6) is -0.251. The summed E-state index contributed by atoms with van der Waals surface area (Å²) in [5, 5.41) is 2.80. The van der Waals surface area contributed by atoms with Crippen molar-refractivity contribution in [2.24, 2.45) is 0 Å². The van der Waals surface area contributed by atoms with Crippen LogP contribution in [0.5, 0.6) is 5.75 Å². The molecule has 1 aliphatic heterocycles. The van der Waals surface area contributed by atoms with Crippen molar-refractivity contribution in [2.75, 3.05) is 19.7 Å². The summed E-state index contributed by atoms with van der Waals surface area (Å²) in [4.78, 5) is 12.4. The maximum Gasteiger partial charge on any atom is 0.259 e. The van der Waals surface area contributed by atoms with Crippen LogP contribution in [0.15, 0.2) is 53.4 Å². The fourth-order valence-electron chi connectivity index (χ4n) is 3.40. The number of amides is 1. The summed E-state index contributed by atoms with van der Waals surface area (Å²) in [6, 6.07) is 12.2. The Bertz CT molecular complexity index is 997. The second kappa shape index (κ2) is 10.2. The third kappa shape index (κ3) is 5.79. The standard InChI is InChI=1S/C21H27FN4O4S/c1-3-26(4-2)31(28,29)18-10-8-17(9-11-18)30-14-21(27)23-20-13-19(24-25-20)15-6-5-7-16(22)12-15/h5-12,19-20,24-25H,3-4,13-14H2,1-2H3,(H,23,27). The molecule has 3 rings (SSSR count). The summed E-state index contributed by atoms with van der Waals surface area (Å²) in [6.45, 7) is 4.13. The maximum absolute atomic E-state index is 13.4. The molecule has 8 nitrogen and oxygen atoms in total. The molecule has 168 valence electrons. The van der Waals surface area contributed by atoms with Gasteiger partial charge >= 0.3 is 0 Å². The van der Waals surface area contributed by atoms with Gasteiger partial charge in [-0.05, 0) is 42.0 Å². The molecule has 1 amide bonds. The van der Waals surface area contributed by atoms with E-state index in [1.807, 2.05) is 6.07 Å². The molecular weight excluding hydrogens is 423 g/mol. The molecule has 10 heteroatoms. The van der Waals surface area contributed by atoms with Crippen LogP contribution in [0, 0.1) is 5.82 Å². The molecule has 2 aromatic rings. The van der Waals surface area contributed by atoms with E-state index >= 15 is 0 Å². The van der Waals surface area contributed by atoms with E-state index in [4.69, 9.17) is 4.74 Å². The van der Waals surface area contributed by atoms with Gasteiger partial charge in [0.05, 0.1) is 11.1 Å². The Hall–Kier alpha value is -2.53. The molecule has 0 saturated carbocycles. The predicted molar refractivity (Wildman–Crippen MR) is 114 cm³/mol. The number of carbonyl (C=O) groups is 1. The van der Waals surface area contributed by atoms with Gasteiger partial charge in [0.15, 0.2) is 6.61 Å². The summed E-state index contributed by atoms with van der Waals surface area (Å²) < 4.78 is 45.2. The van der Waals surface area contributed by atoms with Crippen LogP contribution in [-0.2, 0) is 14.8 Å². The Morgan fingerprint density at radius 2 is 1.87 bits per heavy atom. The molecule has 0 aromatic heterocycles. The first-order valence-electron chi connectivity index (χ1n) is 10.1. The Balaban J connectivity index is 1.49. The van der Waals surface area contributed by atoms with Crippen LogP contribution < -0.4 is 20.9 Å². The second-order valence-corrected chi connectivity index (χ2v) is 9.04. The molecule has 0 aliphatic carbocycles. The normalized spacial score (nSPS) is 18.8. The molecule has 0 bridgehead atoms. The first-order valence-corrected chi connectivity index (χ1v) is 11.6. The fraction of sp³-hybridized carbons (Fsp3) is 0.381. The molecule has 1 fully saturated rings. The third-order valence-electron chi connectivity index (χ3n) is 5.03. The topological polar surface area (TPSA) is 99.8 Å². The van der Waals surface area contributed by atoms with E-state index in [0.717, 1.165) is 5.56 Å². The SMILES string of the molecule is CCN(CC)S(=O)(=O)c1ccc(OCC(=O)NC2CC(c3cccc(F)c3)NN2)cc1. The van der Waals surface area contributed by atoms with E-state index in [2.05, 4.69) is 16.2 Å². The largest absolute Gasteiger partial charge is 0.484 e. The van der Waals surface area contributed by atoms with Gasteiger partial charge in [-0.15, -0.1) is 0 Å². The summed E-state index contributed by atoms with van der Waals surface area (Å²) in [5.41, 5.74) is 6.80. The first-order chi connectivity index (χ1) is 14.8. The number of nitrogens with one attached hydrogen (secondary N) is 3. The summed E-state index contributed by atoms with van der Waals surface area (Å²) >= 11 is 0. The zero-order chi connectivity index (χ0) is 22.4. The highest BCUT2D eigenvalue weighted by molar-refractivity contribution is 7.89. The molecule has 31 heavy (non-hydrogen) atoms. The van der Waals surface area contributed by atoms with Crippen molar-refractivity contribution in [1.29, 1.82) is 0 Å². The lowest BCUT2D eigenvalue weighted by Gasteiger charge is -2.18. The molecule has 1 aliphatic rings. The third-order valence-corrected chi connectivity index (χ3v) is 7.09. The first kappa shape index (κ1) is 23.1. The minimum Gasteiger partial charge on any atom is -0.484 e. The van der Waals surface area contributed by atoms with Gasteiger partial charge in [0, 0.05) is 25.6 Å². The number of nitrogens with zero attached hydrogens (tertiary/aromatic N) is 1. The number of rotatable bonds is 9. The van der Waals surface area contributed by atoms with Crippen LogP contribution in [0.4, 0.5) is 4.39 Å². The van der Waals surface area contributed by atoms with Crippen LogP contribution in [0.3, 0.4) is 0 Å². The Kier molecular flexibility index (Phi) is 7.60. The van der Waals surface area contributed by atoms with Gasteiger partial charge in [0.2, 0.25) is 10.0 Å². The second-order valence-electron chi connectivity index (χ2n) is 7.10. The Morgan fingerprint density at radius 3 is 2.52 bits per heavy atom. The molecule has 0 spiro atoms. The van der Waals surface area contributed by atoms with Gasteiger partial charge in [-0.2, -0.15) is 4.31 Å². The lowest BCUT2D eigenvalue weighted by atomic mass is 10.0. The Labute approximate surface area is 181 Å². The molecule has 2 atom stereocenters. The van der Waals surface area contributed by atoms with Crippen molar-refractivity contribution < 1.29 is 22.3 Å². The van der Waals surface area contributed by atoms with Crippen LogP contribution in [0.2, 0.25) is 0 Å². The number of halogens is 1. The number of benzene rings is 2. The molecule has 0 radical (unpaired) electrons. The zero-order valence-corrected chi connectivity index (χ0v) is 18.3. The van der Waals surface area contributed by atoms with Gasteiger partial charge in [-0.1, -0.05) is 26.0 Å². The van der Waals surface area contributed by atoms with E-state index in [1.165, 1.54) is 40.7 Å². The van der Waals surface area contributed by atoms with Gasteiger partial charge in [0.1, 0.15) is 11.6 Å². The highest BCUT2D eigenvalue weighted by Gasteiger charge is 2.26. The minimum absolute atomic E-state index is 0.123. The van der Waals surface area contributed by atoms with Crippen molar-refractivity contribution in [3.8, 4) is 5.75 Å². The van der Waals surface area contributed by atoms with Crippen LogP contribution in [-0.4, -0.2) is 44.5 Å². The summed E-state index contributed by atoms with van der Waals surface area (Å²) in [6.07, 6.45) is 0.221. The van der Waals surface area contributed by atoms with E-state index in [1.54, 1.807) is 19.9 Å². The van der Waals surface area contributed by atoms with Crippen LogP contribution in [0.25, 0.3) is 0 Å². The number of ether oxygens (including phenoxy) is 1. The van der Waals surface area contributed by atoms with E-state index in [9.17, 15) is 17.6 Å². The van der Waals surface area contributed by atoms with Crippen LogP contribution in [0.1, 0.15) is 31.9 Å². The minimum atomic E-state index is -3.54. The van der Waals surface area contributed by atoms with Crippen molar-refractivity contribution >= 4 is 15.9 Å². The maximum atomic E-state index is 13.4. The highest BCUT2D eigenvalue weighted by Crippen LogP contribution is 2.22.